The van der Waals surface area contributed by atoms with Crippen LogP contribution < -0.4 is 10.1 Å². The van der Waals surface area contributed by atoms with Crippen LogP contribution in [0.4, 0.5) is 5.69 Å². The van der Waals surface area contributed by atoms with Gasteiger partial charge in [0.05, 0.1) is 11.5 Å². The summed E-state index contributed by atoms with van der Waals surface area (Å²) >= 11 is 0. The summed E-state index contributed by atoms with van der Waals surface area (Å²) < 4.78 is 5.71. The Morgan fingerprint density at radius 2 is 1.82 bits per heavy atom. The van der Waals surface area contributed by atoms with Crippen molar-refractivity contribution in [3.8, 4) is 5.75 Å². The van der Waals surface area contributed by atoms with Crippen molar-refractivity contribution in [2.24, 2.45) is 0 Å². The molecule has 1 unspecified atom stereocenters. The molecule has 0 aromatic heterocycles. The molecule has 0 spiro atoms. The number of nitrogens with zero attached hydrogens (tertiary/aromatic N) is 1. The molecular formula is C23H32N2O3. The monoisotopic (exact) mass is 384 g/mol. The van der Waals surface area contributed by atoms with Crippen molar-refractivity contribution < 1.29 is 9.66 Å². The zero-order valence-corrected chi connectivity index (χ0v) is 17.0. The average Bonchev–Trinajstić information content (AvgIpc) is 2.72. The minimum atomic E-state index is -0.329. The Kier molecular flexibility index (Phi) is 9.49. The van der Waals surface area contributed by atoms with Gasteiger partial charge in [-0.2, -0.15) is 0 Å². The maximum absolute atomic E-state index is 11.1. The van der Waals surface area contributed by atoms with E-state index in [1.807, 2.05) is 18.2 Å². The third kappa shape index (κ3) is 7.31. The molecule has 2 rings (SSSR count). The zero-order chi connectivity index (χ0) is 20.2. The molecule has 0 bridgehead atoms. The molecule has 1 N–H and O–H groups in total. The van der Waals surface area contributed by atoms with Gasteiger partial charge in [0.1, 0.15) is 5.75 Å². The fraction of sp³-hybridized carbons (Fsp3) is 0.478. The van der Waals surface area contributed by atoms with Gasteiger partial charge in [0.2, 0.25) is 0 Å². The number of nitro groups is 1. The van der Waals surface area contributed by atoms with Gasteiger partial charge in [0.15, 0.2) is 0 Å². The van der Waals surface area contributed by atoms with Crippen molar-refractivity contribution in [3.05, 3.63) is 69.8 Å². The summed E-state index contributed by atoms with van der Waals surface area (Å²) in [5.41, 5.74) is 2.39. The summed E-state index contributed by atoms with van der Waals surface area (Å²) in [5, 5.41) is 14.7. The van der Waals surface area contributed by atoms with Gasteiger partial charge in [-0.1, -0.05) is 57.4 Å². The van der Waals surface area contributed by atoms with Crippen LogP contribution in [0, 0.1) is 10.1 Å². The van der Waals surface area contributed by atoms with Gasteiger partial charge in [0, 0.05) is 18.2 Å². The maximum atomic E-state index is 11.1. The van der Waals surface area contributed by atoms with E-state index in [1.165, 1.54) is 5.56 Å². The predicted molar refractivity (Wildman–Crippen MR) is 114 cm³/mol. The number of benzene rings is 2. The molecule has 0 aliphatic heterocycles. The van der Waals surface area contributed by atoms with Gasteiger partial charge in [0.25, 0.3) is 5.69 Å². The fourth-order valence-corrected chi connectivity index (χ4v) is 3.13. The lowest BCUT2D eigenvalue weighted by Crippen LogP contribution is -2.24. The number of non-ortho nitro benzene ring substituents is 1. The van der Waals surface area contributed by atoms with E-state index in [0.717, 1.165) is 63.0 Å². The van der Waals surface area contributed by atoms with E-state index in [1.54, 1.807) is 18.2 Å². The Bertz CT molecular complexity index is 716. The van der Waals surface area contributed by atoms with Crippen LogP contribution in [0.3, 0.4) is 0 Å². The molecule has 0 radical (unpaired) electrons. The predicted octanol–water partition coefficient (Wildman–Crippen LogP) is 5.84. The maximum Gasteiger partial charge on any atom is 0.269 e. The lowest BCUT2D eigenvalue weighted by atomic mass is 10.00. The highest BCUT2D eigenvalue weighted by Gasteiger charge is 2.14. The first kappa shape index (κ1) is 21.9. The quantitative estimate of drug-likeness (QED) is 0.268. The Morgan fingerprint density at radius 1 is 1.07 bits per heavy atom. The number of hydrogen-bond acceptors (Lipinski definition) is 4. The number of nitro benzene ring substituents is 1. The molecular weight excluding hydrogens is 352 g/mol. The third-order valence-corrected chi connectivity index (χ3v) is 4.82. The molecule has 2 aromatic rings. The normalized spacial score (nSPS) is 11.9. The third-order valence-electron chi connectivity index (χ3n) is 4.82. The van der Waals surface area contributed by atoms with Crippen LogP contribution in [-0.4, -0.2) is 18.1 Å². The Balaban J connectivity index is 1.91. The fourth-order valence-electron chi connectivity index (χ4n) is 3.13. The van der Waals surface area contributed by atoms with Crippen LogP contribution in [0.1, 0.15) is 63.1 Å². The summed E-state index contributed by atoms with van der Waals surface area (Å²) in [6.45, 7) is 5.91. The Hall–Kier alpha value is -2.40. The molecule has 0 aliphatic rings. The van der Waals surface area contributed by atoms with Crippen LogP contribution in [0.2, 0.25) is 0 Å². The van der Waals surface area contributed by atoms with E-state index >= 15 is 0 Å². The molecule has 28 heavy (non-hydrogen) atoms. The molecule has 0 saturated carbocycles. The van der Waals surface area contributed by atoms with E-state index in [-0.39, 0.29) is 16.7 Å². The lowest BCUT2D eigenvalue weighted by molar-refractivity contribution is -0.384. The van der Waals surface area contributed by atoms with Gasteiger partial charge in [-0.25, -0.2) is 0 Å². The Labute approximate surface area is 168 Å². The summed E-state index contributed by atoms with van der Waals surface area (Å²) in [4.78, 5) is 10.7. The van der Waals surface area contributed by atoms with Crippen LogP contribution in [0.25, 0.3) is 0 Å². The summed E-state index contributed by atoms with van der Waals surface area (Å²) in [7, 11) is 0. The van der Waals surface area contributed by atoms with Crippen molar-refractivity contribution in [1.82, 2.24) is 5.32 Å². The summed E-state index contributed by atoms with van der Waals surface area (Å²) in [6, 6.07) is 15.4. The first-order valence-electron chi connectivity index (χ1n) is 10.3. The van der Waals surface area contributed by atoms with Crippen molar-refractivity contribution >= 4 is 5.69 Å². The van der Waals surface area contributed by atoms with Crippen molar-refractivity contribution in [2.45, 2.75) is 58.4 Å². The topological polar surface area (TPSA) is 64.4 Å². The van der Waals surface area contributed by atoms with Crippen LogP contribution in [0.5, 0.6) is 5.75 Å². The second-order valence-electron chi connectivity index (χ2n) is 7.10. The number of rotatable bonds is 13. The number of nitrogens with one attached hydrogen (secondary N) is 1. The summed E-state index contributed by atoms with van der Waals surface area (Å²) in [6.07, 6.45) is 6.28. The molecule has 5 nitrogen and oxygen atoms in total. The lowest BCUT2D eigenvalue weighted by Gasteiger charge is -2.19. The second-order valence-corrected chi connectivity index (χ2v) is 7.10. The largest absolute Gasteiger partial charge is 0.494 e. The van der Waals surface area contributed by atoms with Gasteiger partial charge >= 0.3 is 0 Å². The second kappa shape index (κ2) is 12.1. The number of hydrogen-bond donors (Lipinski definition) is 1. The van der Waals surface area contributed by atoms with Crippen LogP contribution in [0.15, 0.2) is 48.5 Å². The van der Waals surface area contributed by atoms with Gasteiger partial charge in [-0.3, -0.25) is 10.1 Å². The Morgan fingerprint density at radius 3 is 2.50 bits per heavy atom. The van der Waals surface area contributed by atoms with Gasteiger partial charge < -0.3 is 10.1 Å². The zero-order valence-electron chi connectivity index (χ0n) is 17.0. The highest BCUT2D eigenvalue weighted by molar-refractivity contribution is 5.36. The van der Waals surface area contributed by atoms with Crippen LogP contribution >= 0.6 is 0 Å². The first-order valence-corrected chi connectivity index (χ1v) is 10.3. The van der Waals surface area contributed by atoms with Crippen molar-refractivity contribution in [2.75, 3.05) is 13.2 Å². The minimum Gasteiger partial charge on any atom is -0.494 e. The molecule has 152 valence electrons. The molecule has 0 saturated heterocycles. The van der Waals surface area contributed by atoms with E-state index < -0.39 is 0 Å². The minimum absolute atomic E-state index is 0.136. The smallest absolute Gasteiger partial charge is 0.269 e. The van der Waals surface area contributed by atoms with Gasteiger partial charge in [-0.15, -0.1) is 0 Å². The SMILES string of the molecule is CCCCOc1ccc(CCNC(CCCC)c2cccc([N+](=O)[O-])c2)cc1. The first-order chi connectivity index (χ1) is 13.6. The highest BCUT2D eigenvalue weighted by Crippen LogP contribution is 2.23. The molecule has 0 amide bonds. The van der Waals surface area contributed by atoms with E-state index in [0.29, 0.717) is 0 Å². The molecule has 2 aromatic carbocycles. The number of ether oxygens (including phenoxy) is 1. The van der Waals surface area contributed by atoms with E-state index in [9.17, 15) is 10.1 Å². The molecule has 0 fully saturated rings. The van der Waals surface area contributed by atoms with E-state index in [4.69, 9.17) is 4.74 Å². The van der Waals surface area contributed by atoms with Crippen molar-refractivity contribution in [3.63, 3.8) is 0 Å². The average molecular weight is 385 g/mol. The van der Waals surface area contributed by atoms with Crippen molar-refractivity contribution in [1.29, 1.82) is 0 Å². The van der Waals surface area contributed by atoms with Crippen LogP contribution in [-0.2, 0) is 6.42 Å². The van der Waals surface area contributed by atoms with E-state index in [2.05, 4.69) is 31.3 Å². The molecule has 1 atom stereocenters. The number of unbranched alkanes of at least 4 members (excludes halogenated alkanes) is 2. The molecule has 5 heteroatoms. The standard InChI is InChI=1S/C23H32N2O3/c1-3-5-10-23(20-8-7-9-21(18-20)25(26)27)24-16-15-19-11-13-22(14-12-19)28-17-6-4-2/h7-9,11-14,18,23-24H,3-6,10,15-17H2,1-2H3. The van der Waals surface area contributed by atoms with Gasteiger partial charge in [-0.05, 0) is 49.1 Å². The summed E-state index contributed by atoms with van der Waals surface area (Å²) in [5.74, 6) is 0.919. The molecule has 0 heterocycles. The molecule has 0 aliphatic carbocycles. The highest BCUT2D eigenvalue weighted by atomic mass is 16.6.